The van der Waals surface area contributed by atoms with Crippen LogP contribution in [0.1, 0.15) is 42.4 Å². The average Bonchev–Trinajstić information content (AvgIpc) is 3.32. The van der Waals surface area contributed by atoms with Crippen LogP contribution < -0.4 is 10.6 Å². The van der Waals surface area contributed by atoms with E-state index in [-0.39, 0.29) is 17.7 Å². The van der Waals surface area contributed by atoms with Crippen molar-refractivity contribution < 1.29 is 14.1 Å². The van der Waals surface area contributed by atoms with Crippen molar-refractivity contribution in [2.24, 2.45) is 5.92 Å². The number of aromatic nitrogens is 2. The number of para-hydroxylation sites is 1. The first-order valence-corrected chi connectivity index (χ1v) is 11.4. The number of rotatable bonds is 8. The van der Waals surface area contributed by atoms with Crippen molar-refractivity contribution >= 4 is 17.5 Å². The molecule has 2 N–H and O–H groups in total. The summed E-state index contributed by atoms with van der Waals surface area (Å²) in [6.45, 7) is 4.56. The predicted octanol–water partition coefficient (Wildman–Crippen LogP) is 3.73. The van der Waals surface area contributed by atoms with Crippen LogP contribution >= 0.6 is 0 Å². The van der Waals surface area contributed by atoms with E-state index in [0.29, 0.717) is 42.6 Å². The van der Waals surface area contributed by atoms with Crippen LogP contribution in [0, 0.1) is 5.92 Å². The Morgan fingerprint density at radius 3 is 2.73 bits per heavy atom. The number of anilines is 1. The Balaban J connectivity index is 1.37. The Morgan fingerprint density at radius 2 is 1.91 bits per heavy atom. The summed E-state index contributed by atoms with van der Waals surface area (Å²) in [7, 11) is 0. The lowest BCUT2D eigenvalue weighted by Crippen LogP contribution is -2.40. The normalized spacial score (nSPS) is 16.3. The fraction of sp³-hybridized carbons (Fsp3) is 0.360. The fourth-order valence-corrected chi connectivity index (χ4v) is 3.99. The molecule has 0 saturated carbocycles. The quantitative estimate of drug-likeness (QED) is 0.546. The van der Waals surface area contributed by atoms with Gasteiger partial charge in [0, 0.05) is 18.7 Å². The molecule has 172 valence electrons. The van der Waals surface area contributed by atoms with Gasteiger partial charge in [0.25, 0.3) is 5.91 Å². The van der Waals surface area contributed by atoms with Crippen molar-refractivity contribution in [2.45, 2.75) is 32.7 Å². The van der Waals surface area contributed by atoms with Gasteiger partial charge in [-0.1, -0.05) is 54.5 Å². The SMILES string of the molecule is CCCNC(=O)c1ccccc1NC(=O)C1CCCN(Cc2nc(-c3ccccc3)no2)C1. The first-order valence-electron chi connectivity index (χ1n) is 11.4. The molecule has 2 amide bonds. The summed E-state index contributed by atoms with van der Waals surface area (Å²) in [5.74, 6) is 0.666. The van der Waals surface area contributed by atoms with Crippen LogP contribution in [0.2, 0.25) is 0 Å². The third-order valence-electron chi connectivity index (χ3n) is 5.70. The van der Waals surface area contributed by atoms with E-state index in [9.17, 15) is 9.59 Å². The van der Waals surface area contributed by atoms with Crippen molar-refractivity contribution in [3.8, 4) is 11.4 Å². The van der Waals surface area contributed by atoms with Gasteiger partial charge in [-0.25, -0.2) is 0 Å². The van der Waals surface area contributed by atoms with Gasteiger partial charge in [-0.3, -0.25) is 14.5 Å². The van der Waals surface area contributed by atoms with E-state index in [4.69, 9.17) is 4.52 Å². The standard InChI is InChI=1S/C25H29N5O3/c1-2-14-26-25(32)20-12-6-7-13-21(20)27-24(31)19-11-8-15-30(16-19)17-22-28-23(29-33-22)18-9-4-3-5-10-18/h3-7,9-10,12-13,19H,2,8,11,14-17H2,1H3,(H,26,32)(H,27,31). The van der Waals surface area contributed by atoms with Crippen molar-refractivity contribution in [3.05, 3.63) is 66.1 Å². The summed E-state index contributed by atoms with van der Waals surface area (Å²) in [5.41, 5.74) is 1.92. The zero-order valence-electron chi connectivity index (χ0n) is 18.8. The summed E-state index contributed by atoms with van der Waals surface area (Å²) < 4.78 is 5.44. The van der Waals surface area contributed by atoms with Gasteiger partial charge in [0.15, 0.2) is 0 Å². The second kappa shape index (κ2) is 10.9. The van der Waals surface area contributed by atoms with Crippen LogP contribution in [0.25, 0.3) is 11.4 Å². The van der Waals surface area contributed by atoms with E-state index in [0.717, 1.165) is 31.4 Å². The molecule has 33 heavy (non-hydrogen) atoms. The minimum Gasteiger partial charge on any atom is -0.352 e. The molecule has 8 nitrogen and oxygen atoms in total. The third kappa shape index (κ3) is 5.84. The molecular weight excluding hydrogens is 418 g/mol. The molecule has 0 spiro atoms. The van der Waals surface area contributed by atoms with Crippen LogP contribution in [0.3, 0.4) is 0 Å². The zero-order chi connectivity index (χ0) is 23.0. The highest BCUT2D eigenvalue weighted by molar-refractivity contribution is 6.04. The maximum Gasteiger partial charge on any atom is 0.253 e. The molecule has 1 aromatic heterocycles. The summed E-state index contributed by atoms with van der Waals surface area (Å²) in [5, 5.41) is 9.92. The largest absolute Gasteiger partial charge is 0.352 e. The van der Waals surface area contributed by atoms with Gasteiger partial charge >= 0.3 is 0 Å². The lowest BCUT2D eigenvalue weighted by molar-refractivity contribution is -0.121. The van der Waals surface area contributed by atoms with E-state index in [1.54, 1.807) is 18.2 Å². The number of carbonyl (C=O) groups is 2. The highest BCUT2D eigenvalue weighted by Gasteiger charge is 2.27. The lowest BCUT2D eigenvalue weighted by Gasteiger charge is -2.31. The van der Waals surface area contributed by atoms with Gasteiger partial charge in [0.2, 0.25) is 17.6 Å². The molecule has 3 aromatic rings. The molecular formula is C25H29N5O3. The Hall–Kier alpha value is -3.52. The van der Waals surface area contributed by atoms with Crippen molar-refractivity contribution in [3.63, 3.8) is 0 Å². The molecule has 2 aromatic carbocycles. The van der Waals surface area contributed by atoms with Gasteiger partial charge in [-0.2, -0.15) is 4.98 Å². The highest BCUT2D eigenvalue weighted by atomic mass is 16.5. The fourth-order valence-electron chi connectivity index (χ4n) is 3.99. The number of nitrogens with one attached hydrogen (secondary N) is 2. The number of hydrogen-bond donors (Lipinski definition) is 2. The molecule has 1 aliphatic rings. The lowest BCUT2D eigenvalue weighted by atomic mass is 9.96. The number of carbonyl (C=O) groups excluding carboxylic acids is 2. The van der Waals surface area contributed by atoms with Gasteiger partial charge < -0.3 is 15.2 Å². The minimum absolute atomic E-state index is 0.0778. The predicted molar refractivity (Wildman–Crippen MR) is 125 cm³/mol. The maximum atomic E-state index is 13.0. The van der Waals surface area contributed by atoms with E-state index in [2.05, 4.69) is 25.7 Å². The molecule has 1 saturated heterocycles. The maximum absolute atomic E-state index is 13.0. The van der Waals surface area contributed by atoms with Gasteiger partial charge in [0.1, 0.15) is 0 Å². The molecule has 8 heteroatoms. The number of likely N-dealkylation sites (tertiary alicyclic amines) is 1. The molecule has 0 aliphatic carbocycles. The van der Waals surface area contributed by atoms with E-state index in [1.807, 2.05) is 43.3 Å². The van der Waals surface area contributed by atoms with Crippen LogP contribution in [0.5, 0.6) is 0 Å². The third-order valence-corrected chi connectivity index (χ3v) is 5.70. The average molecular weight is 448 g/mol. The van der Waals surface area contributed by atoms with Crippen LogP contribution in [-0.4, -0.2) is 46.5 Å². The Kier molecular flexibility index (Phi) is 7.47. The van der Waals surface area contributed by atoms with Gasteiger partial charge in [-0.15, -0.1) is 0 Å². The Bertz CT molecular complexity index is 1080. The summed E-state index contributed by atoms with van der Waals surface area (Å²) in [4.78, 5) is 32.1. The first-order chi connectivity index (χ1) is 16.1. The molecule has 1 atom stereocenters. The van der Waals surface area contributed by atoms with E-state index in [1.165, 1.54) is 0 Å². The van der Waals surface area contributed by atoms with Crippen molar-refractivity contribution in [1.29, 1.82) is 0 Å². The van der Waals surface area contributed by atoms with Crippen LogP contribution in [-0.2, 0) is 11.3 Å². The number of hydrogen-bond acceptors (Lipinski definition) is 6. The van der Waals surface area contributed by atoms with Crippen molar-refractivity contribution in [1.82, 2.24) is 20.4 Å². The second-order valence-electron chi connectivity index (χ2n) is 8.24. The van der Waals surface area contributed by atoms with Gasteiger partial charge in [-0.05, 0) is 37.9 Å². The van der Waals surface area contributed by atoms with Crippen LogP contribution in [0.4, 0.5) is 5.69 Å². The Morgan fingerprint density at radius 1 is 1.12 bits per heavy atom. The molecule has 0 radical (unpaired) electrons. The van der Waals surface area contributed by atoms with Crippen LogP contribution in [0.15, 0.2) is 59.1 Å². The van der Waals surface area contributed by atoms with Crippen molar-refractivity contribution in [2.75, 3.05) is 25.0 Å². The first kappa shape index (κ1) is 22.7. The highest BCUT2D eigenvalue weighted by Crippen LogP contribution is 2.23. The number of piperidine rings is 1. The topological polar surface area (TPSA) is 100 Å². The molecule has 4 rings (SSSR count). The summed E-state index contributed by atoms with van der Waals surface area (Å²) in [6.07, 6.45) is 2.55. The summed E-state index contributed by atoms with van der Waals surface area (Å²) in [6, 6.07) is 16.8. The number of nitrogens with zero attached hydrogens (tertiary/aromatic N) is 3. The molecule has 1 aliphatic heterocycles. The molecule has 2 heterocycles. The monoisotopic (exact) mass is 447 g/mol. The molecule has 0 bridgehead atoms. The molecule has 1 unspecified atom stereocenters. The minimum atomic E-state index is -0.179. The smallest absolute Gasteiger partial charge is 0.253 e. The molecule has 1 fully saturated rings. The number of amides is 2. The summed E-state index contributed by atoms with van der Waals surface area (Å²) >= 11 is 0. The zero-order valence-corrected chi connectivity index (χ0v) is 18.8. The van der Waals surface area contributed by atoms with E-state index >= 15 is 0 Å². The number of benzene rings is 2. The van der Waals surface area contributed by atoms with Gasteiger partial charge in [0.05, 0.1) is 23.7 Å². The Labute approximate surface area is 193 Å². The van der Waals surface area contributed by atoms with E-state index < -0.39 is 0 Å². The second-order valence-corrected chi connectivity index (χ2v) is 8.24.